The molecule has 0 spiro atoms. The Morgan fingerprint density at radius 3 is 1.86 bits per heavy atom. The number of nitrogens with two attached hydrogens (primary N) is 2. The minimum atomic E-state index is -1.17. The Morgan fingerprint density at radius 1 is 0.814 bits per heavy atom. The highest BCUT2D eigenvalue weighted by atomic mass is 32.1. The first kappa shape index (κ1) is 37.9. The lowest BCUT2D eigenvalue weighted by atomic mass is 10.1. The van der Waals surface area contributed by atoms with Gasteiger partial charge in [0.25, 0.3) is 5.91 Å². The van der Waals surface area contributed by atoms with Gasteiger partial charge in [0, 0.05) is 45.7 Å². The molecule has 1 aromatic carbocycles. The molecule has 1 aromatic rings. The van der Waals surface area contributed by atoms with Crippen LogP contribution in [0.3, 0.4) is 0 Å². The number of aromatic hydroxyl groups is 2. The van der Waals surface area contributed by atoms with Crippen LogP contribution in [0.4, 0.5) is 0 Å². The van der Waals surface area contributed by atoms with Gasteiger partial charge < -0.3 is 52.3 Å². The van der Waals surface area contributed by atoms with Crippen LogP contribution in [0.15, 0.2) is 18.2 Å². The number of hydrogen-bond donors (Lipinski definition) is 9. The molecule has 0 aliphatic carbocycles. The number of para-hydroxylation sites is 1. The van der Waals surface area contributed by atoms with Crippen molar-refractivity contribution in [3.63, 3.8) is 0 Å². The van der Waals surface area contributed by atoms with E-state index in [1.807, 2.05) is 0 Å². The number of phenolic OH excluding ortho intramolecular Hbond substituents is 2. The molecule has 14 nitrogen and oxygen atoms in total. The lowest BCUT2D eigenvalue weighted by Gasteiger charge is -2.30. The SMILES string of the molecule is C[C@@H](O)[C@H](N)C(=O)N(CCCCNC(=O)CCS)CCCN(CCCNC(=O)c1cccc(O)c1O)C(=O)[C@@H](N)[C@@H](C)O. The Bertz CT molecular complexity index is 1040. The van der Waals surface area contributed by atoms with Gasteiger partial charge in [0.2, 0.25) is 17.7 Å². The Hall–Kier alpha value is -3.11. The molecular formula is C28H48N6O8S. The number of aliphatic hydroxyl groups is 2. The van der Waals surface area contributed by atoms with Gasteiger partial charge in [0.05, 0.1) is 17.8 Å². The average Bonchev–Trinajstić information content (AvgIpc) is 2.96. The van der Waals surface area contributed by atoms with E-state index in [-0.39, 0.29) is 37.6 Å². The Morgan fingerprint density at radius 2 is 1.33 bits per heavy atom. The molecule has 0 saturated heterocycles. The molecule has 244 valence electrons. The molecule has 0 unspecified atom stereocenters. The highest BCUT2D eigenvalue weighted by Gasteiger charge is 2.27. The minimum absolute atomic E-state index is 0.0933. The summed E-state index contributed by atoms with van der Waals surface area (Å²) >= 11 is 4.03. The van der Waals surface area contributed by atoms with Gasteiger partial charge in [-0.1, -0.05) is 6.07 Å². The van der Waals surface area contributed by atoms with Crippen molar-refractivity contribution in [2.45, 2.75) is 70.2 Å². The second-order valence-corrected chi connectivity index (χ2v) is 10.8. The number of nitrogens with one attached hydrogen (secondary N) is 2. The van der Waals surface area contributed by atoms with E-state index in [1.165, 1.54) is 41.8 Å². The Labute approximate surface area is 258 Å². The zero-order chi connectivity index (χ0) is 32.5. The first-order valence-electron chi connectivity index (χ1n) is 14.4. The van der Waals surface area contributed by atoms with E-state index in [0.717, 1.165) is 0 Å². The zero-order valence-corrected chi connectivity index (χ0v) is 25.8. The molecule has 0 bridgehead atoms. The van der Waals surface area contributed by atoms with Crippen LogP contribution in [0.2, 0.25) is 0 Å². The average molecular weight is 629 g/mol. The summed E-state index contributed by atoms with van der Waals surface area (Å²) < 4.78 is 0. The first-order chi connectivity index (χ1) is 20.3. The molecule has 1 rings (SSSR count). The lowest BCUT2D eigenvalue weighted by molar-refractivity contribution is -0.135. The summed E-state index contributed by atoms with van der Waals surface area (Å²) in [4.78, 5) is 52.9. The van der Waals surface area contributed by atoms with E-state index in [4.69, 9.17) is 11.5 Å². The molecule has 4 atom stereocenters. The monoisotopic (exact) mass is 628 g/mol. The maximum absolute atomic E-state index is 13.0. The number of unbranched alkanes of at least 4 members (excludes halogenated alkanes) is 1. The molecule has 0 fully saturated rings. The van der Waals surface area contributed by atoms with Crippen LogP contribution in [0.5, 0.6) is 11.5 Å². The van der Waals surface area contributed by atoms with E-state index < -0.39 is 53.5 Å². The van der Waals surface area contributed by atoms with Gasteiger partial charge in [-0.05, 0) is 57.4 Å². The summed E-state index contributed by atoms with van der Waals surface area (Å²) in [7, 11) is 0. The predicted molar refractivity (Wildman–Crippen MR) is 165 cm³/mol. The van der Waals surface area contributed by atoms with Crippen molar-refractivity contribution in [2.75, 3.05) is 45.0 Å². The van der Waals surface area contributed by atoms with Gasteiger partial charge >= 0.3 is 0 Å². The van der Waals surface area contributed by atoms with Gasteiger partial charge in [0.15, 0.2) is 11.5 Å². The molecular weight excluding hydrogens is 580 g/mol. The molecule has 0 aliphatic heterocycles. The van der Waals surface area contributed by atoms with Crippen LogP contribution in [0.1, 0.15) is 56.3 Å². The molecule has 0 heterocycles. The number of hydrogen-bond acceptors (Lipinski definition) is 11. The van der Waals surface area contributed by atoms with E-state index in [9.17, 15) is 39.6 Å². The lowest BCUT2D eigenvalue weighted by Crippen LogP contribution is -2.51. The van der Waals surface area contributed by atoms with Gasteiger partial charge in [-0.2, -0.15) is 12.6 Å². The third-order valence-electron chi connectivity index (χ3n) is 6.75. The second-order valence-electron chi connectivity index (χ2n) is 10.4. The minimum Gasteiger partial charge on any atom is -0.504 e. The predicted octanol–water partition coefficient (Wildman–Crippen LogP) is -1.10. The van der Waals surface area contributed by atoms with Crippen LogP contribution in [0, 0.1) is 0 Å². The molecule has 0 radical (unpaired) electrons. The fraction of sp³-hybridized carbons (Fsp3) is 0.643. The summed E-state index contributed by atoms with van der Waals surface area (Å²) in [6.07, 6.45) is 0.0124. The van der Waals surface area contributed by atoms with Crippen LogP contribution in [0.25, 0.3) is 0 Å². The highest BCUT2D eigenvalue weighted by Crippen LogP contribution is 2.27. The Balaban J connectivity index is 2.78. The van der Waals surface area contributed by atoms with E-state index in [1.54, 1.807) is 0 Å². The largest absolute Gasteiger partial charge is 0.504 e. The normalized spacial score (nSPS) is 13.8. The van der Waals surface area contributed by atoms with Crippen molar-refractivity contribution in [1.29, 1.82) is 0 Å². The van der Waals surface area contributed by atoms with Crippen molar-refractivity contribution in [3.05, 3.63) is 23.8 Å². The third kappa shape index (κ3) is 13.4. The zero-order valence-electron chi connectivity index (χ0n) is 24.9. The maximum Gasteiger partial charge on any atom is 0.255 e. The number of rotatable bonds is 20. The van der Waals surface area contributed by atoms with Crippen molar-refractivity contribution >= 4 is 36.3 Å². The fourth-order valence-electron chi connectivity index (χ4n) is 4.08. The van der Waals surface area contributed by atoms with E-state index in [0.29, 0.717) is 50.9 Å². The van der Waals surface area contributed by atoms with E-state index >= 15 is 0 Å². The van der Waals surface area contributed by atoms with Crippen LogP contribution >= 0.6 is 12.6 Å². The van der Waals surface area contributed by atoms with Crippen molar-refractivity contribution < 1.29 is 39.6 Å². The number of phenols is 2. The van der Waals surface area contributed by atoms with Gasteiger partial charge in [0.1, 0.15) is 12.1 Å². The summed E-state index contributed by atoms with van der Waals surface area (Å²) in [5.41, 5.74) is 11.7. The fourth-order valence-corrected chi connectivity index (χ4v) is 4.28. The van der Waals surface area contributed by atoms with Crippen molar-refractivity contribution in [1.82, 2.24) is 20.4 Å². The molecule has 0 aromatic heterocycles. The second kappa shape index (κ2) is 20.0. The topological polar surface area (TPSA) is 232 Å². The molecule has 0 aliphatic rings. The standard InChI is InChI=1S/C28H48N6O8S/c1-18(35)23(29)27(41)33(13-4-3-11-31-22(38)10-17-43)15-7-16-34(28(42)24(30)19(2)36)14-6-12-32-26(40)20-8-5-9-21(37)25(20)39/h5,8-9,18-19,23-24,35-37,39,43H,3-4,6-7,10-17,29-30H2,1-2H3,(H,31,38)(H,32,40)/t18-,19-,23+,24+/m1/s1. The molecule has 4 amide bonds. The van der Waals surface area contributed by atoms with Gasteiger partial charge in [-0.25, -0.2) is 0 Å². The van der Waals surface area contributed by atoms with E-state index in [2.05, 4.69) is 23.3 Å². The number of thiol groups is 1. The summed E-state index contributed by atoms with van der Waals surface area (Å²) in [6.45, 7) is 4.34. The number of carbonyl (C=O) groups excluding carboxylic acids is 4. The molecule has 15 heteroatoms. The Kier molecular flexibility index (Phi) is 17.6. The smallest absolute Gasteiger partial charge is 0.255 e. The number of amides is 4. The van der Waals surface area contributed by atoms with Gasteiger partial charge in [-0.15, -0.1) is 0 Å². The molecule has 0 saturated carbocycles. The summed E-state index contributed by atoms with van der Waals surface area (Å²) in [6, 6.07) is 1.74. The quantitative estimate of drug-likeness (QED) is 0.0480. The summed E-state index contributed by atoms with van der Waals surface area (Å²) in [5, 5.41) is 44.6. The van der Waals surface area contributed by atoms with Crippen molar-refractivity contribution in [3.8, 4) is 11.5 Å². The number of carbonyl (C=O) groups is 4. The highest BCUT2D eigenvalue weighted by molar-refractivity contribution is 7.80. The van der Waals surface area contributed by atoms with Gasteiger partial charge in [-0.3, -0.25) is 19.2 Å². The number of nitrogens with zero attached hydrogens (tertiary/aromatic N) is 2. The van der Waals surface area contributed by atoms with Crippen LogP contribution in [-0.2, 0) is 14.4 Å². The van der Waals surface area contributed by atoms with Crippen LogP contribution in [-0.4, -0.2) is 123 Å². The number of aliphatic hydroxyl groups excluding tert-OH is 2. The molecule has 10 N–H and O–H groups in total. The summed E-state index contributed by atoms with van der Waals surface area (Å²) in [5.74, 6) is -2.14. The first-order valence-corrected chi connectivity index (χ1v) is 15.1. The molecule has 43 heavy (non-hydrogen) atoms. The maximum atomic E-state index is 13.0. The number of benzene rings is 1. The van der Waals surface area contributed by atoms with Crippen LogP contribution < -0.4 is 22.1 Å². The van der Waals surface area contributed by atoms with Crippen molar-refractivity contribution in [2.24, 2.45) is 11.5 Å². The third-order valence-corrected chi connectivity index (χ3v) is 6.98.